The minimum Gasteiger partial charge on any atom is -0.493 e. The maximum absolute atomic E-state index is 12.1. The van der Waals surface area contributed by atoms with Crippen LogP contribution in [0.3, 0.4) is 0 Å². The lowest BCUT2D eigenvalue weighted by Crippen LogP contribution is -2.41. The molecule has 1 heterocycles. The summed E-state index contributed by atoms with van der Waals surface area (Å²) in [7, 11) is 3.13. The third-order valence-electron chi connectivity index (χ3n) is 4.15. The Balaban J connectivity index is 1.93. The Bertz CT molecular complexity index is 599. The molecule has 1 N–H and O–H groups in total. The molecule has 1 aliphatic rings. The minimum absolute atomic E-state index is 0.0103. The van der Waals surface area contributed by atoms with E-state index in [2.05, 4.69) is 5.32 Å². The Morgan fingerprint density at radius 1 is 1.28 bits per heavy atom. The number of hydrogen-bond acceptors (Lipinski definition) is 5. The molecule has 1 aromatic carbocycles. The van der Waals surface area contributed by atoms with Gasteiger partial charge in [-0.1, -0.05) is 6.07 Å². The first kappa shape index (κ1) is 19.1. The fourth-order valence-corrected chi connectivity index (χ4v) is 2.74. The van der Waals surface area contributed by atoms with Gasteiger partial charge >= 0.3 is 0 Å². The maximum Gasteiger partial charge on any atom is 0.239 e. The van der Waals surface area contributed by atoms with Crippen molar-refractivity contribution in [3.05, 3.63) is 23.8 Å². The normalized spacial score (nSPS) is 16.4. The van der Waals surface area contributed by atoms with Gasteiger partial charge in [0, 0.05) is 26.6 Å². The van der Waals surface area contributed by atoms with Crippen LogP contribution in [0.2, 0.25) is 0 Å². The molecule has 138 valence electrons. The zero-order chi connectivity index (χ0) is 18.2. The van der Waals surface area contributed by atoms with Crippen LogP contribution in [-0.4, -0.2) is 56.7 Å². The quantitative estimate of drug-likeness (QED) is 0.766. The van der Waals surface area contributed by atoms with E-state index < -0.39 is 0 Å². The number of carbonyl (C=O) groups excluding carboxylic acids is 2. The summed E-state index contributed by atoms with van der Waals surface area (Å²) >= 11 is 0. The van der Waals surface area contributed by atoms with Crippen LogP contribution in [0.15, 0.2) is 18.2 Å². The summed E-state index contributed by atoms with van der Waals surface area (Å²) in [6, 6.07) is 5.44. The van der Waals surface area contributed by atoms with Gasteiger partial charge in [0.1, 0.15) is 0 Å². The summed E-state index contributed by atoms with van der Waals surface area (Å²) in [5.74, 6) is 0.856. The number of nitrogens with zero attached hydrogens (tertiary/aromatic N) is 1. The second kappa shape index (κ2) is 9.27. The third-order valence-corrected chi connectivity index (χ3v) is 4.15. The van der Waals surface area contributed by atoms with Crippen molar-refractivity contribution in [3.8, 4) is 11.5 Å². The molecule has 1 saturated heterocycles. The minimum atomic E-state index is -0.189. The summed E-state index contributed by atoms with van der Waals surface area (Å²) in [6.07, 6.45) is 2.07. The Labute approximate surface area is 148 Å². The van der Waals surface area contributed by atoms with Crippen LogP contribution < -0.4 is 14.8 Å². The van der Waals surface area contributed by atoms with E-state index in [9.17, 15) is 9.59 Å². The number of ether oxygens (including phenoxy) is 3. The molecule has 0 saturated carbocycles. The van der Waals surface area contributed by atoms with E-state index in [1.807, 2.05) is 6.07 Å². The van der Waals surface area contributed by atoms with Crippen LogP contribution >= 0.6 is 0 Å². The first-order valence-electron chi connectivity index (χ1n) is 8.38. The Kier molecular flexibility index (Phi) is 7.06. The van der Waals surface area contributed by atoms with Crippen molar-refractivity contribution in [2.75, 3.05) is 33.9 Å². The predicted octanol–water partition coefficient (Wildman–Crippen LogP) is 1.35. The number of hydrogen-bond donors (Lipinski definition) is 1. The van der Waals surface area contributed by atoms with Crippen LogP contribution in [-0.2, 0) is 20.9 Å². The van der Waals surface area contributed by atoms with Gasteiger partial charge in [0.2, 0.25) is 11.8 Å². The summed E-state index contributed by atoms with van der Waals surface area (Å²) in [5.41, 5.74) is 0.861. The highest BCUT2D eigenvalue weighted by molar-refractivity contribution is 5.83. The largest absolute Gasteiger partial charge is 0.493 e. The summed E-state index contributed by atoms with van der Waals surface area (Å²) in [6.45, 7) is 3.02. The van der Waals surface area contributed by atoms with E-state index in [1.165, 1.54) is 11.8 Å². The maximum atomic E-state index is 12.1. The Morgan fingerprint density at radius 3 is 2.64 bits per heavy atom. The molecule has 0 radical (unpaired) electrons. The first-order valence-corrected chi connectivity index (χ1v) is 8.38. The van der Waals surface area contributed by atoms with Gasteiger partial charge in [0.25, 0.3) is 0 Å². The molecule has 7 nitrogen and oxygen atoms in total. The number of amides is 2. The SMILES string of the molecule is COc1ccc(CN(CC(=O)NCC2CCCO2)C(C)=O)cc1OC. The van der Waals surface area contributed by atoms with E-state index in [1.54, 1.807) is 26.4 Å². The van der Waals surface area contributed by atoms with Gasteiger partial charge in [-0.25, -0.2) is 0 Å². The lowest BCUT2D eigenvalue weighted by Gasteiger charge is -2.22. The van der Waals surface area contributed by atoms with Gasteiger partial charge in [0.15, 0.2) is 11.5 Å². The molecule has 7 heteroatoms. The fourth-order valence-electron chi connectivity index (χ4n) is 2.74. The van der Waals surface area contributed by atoms with Gasteiger partial charge in [-0.2, -0.15) is 0 Å². The second-order valence-corrected chi connectivity index (χ2v) is 6.00. The van der Waals surface area contributed by atoms with Crippen molar-refractivity contribution in [1.29, 1.82) is 0 Å². The molecule has 0 bridgehead atoms. The summed E-state index contributed by atoms with van der Waals surface area (Å²) < 4.78 is 16.0. The molecular formula is C18H26N2O5. The Hall–Kier alpha value is -2.28. The molecule has 1 unspecified atom stereocenters. The van der Waals surface area contributed by atoms with Crippen molar-refractivity contribution >= 4 is 11.8 Å². The average Bonchev–Trinajstić information content (AvgIpc) is 3.12. The predicted molar refractivity (Wildman–Crippen MR) is 92.6 cm³/mol. The molecule has 0 aliphatic carbocycles. The van der Waals surface area contributed by atoms with Crippen molar-refractivity contribution in [3.63, 3.8) is 0 Å². The third kappa shape index (κ3) is 5.63. The van der Waals surface area contributed by atoms with Gasteiger partial charge in [-0.3, -0.25) is 9.59 Å². The highest BCUT2D eigenvalue weighted by Gasteiger charge is 2.19. The zero-order valence-corrected chi connectivity index (χ0v) is 15.0. The van der Waals surface area contributed by atoms with Crippen LogP contribution in [0, 0.1) is 0 Å². The molecule has 1 atom stereocenters. The topological polar surface area (TPSA) is 77.1 Å². The van der Waals surface area contributed by atoms with Crippen molar-refractivity contribution < 1.29 is 23.8 Å². The lowest BCUT2D eigenvalue weighted by atomic mass is 10.2. The second-order valence-electron chi connectivity index (χ2n) is 6.00. The smallest absolute Gasteiger partial charge is 0.239 e. The monoisotopic (exact) mass is 350 g/mol. The average molecular weight is 350 g/mol. The molecule has 0 aromatic heterocycles. The van der Waals surface area contributed by atoms with Crippen LogP contribution in [0.4, 0.5) is 0 Å². The number of carbonyl (C=O) groups is 2. The van der Waals surface area contributed by atoms with Gasteiger partial charge in [-0.05, 0) is 30.5 Å². The standard InChI is InChI=1S/C18H26N2O5/c1-13(21)20(12-18(22)19-10-15-5-4-8-25-15)11-14-6-7-16(23-2)17(9-14)24-3/h6-7,9,15H,4-5,8,10-12H2,1-3H3,(H,19,22). The van der Waals surface area contributed by atoms with Crippen molar-refractivity contribution in [1.82, 2.24) is 10.2 Å². The first-order chi connectivity index (χ1) is 12.0. The highest BCUT2D eigenvalue weighted by atomic mass is 16.5. The van der Waals surface area contributed by atoms with Crippen LogP contribution in [0.1, 0.15) is 25.3 Å². The van der Waals surface area contributed by atoms with Crippen LogP contribution in [0.25, 0.3) is 0 Å². The van der Waals surface area contributed by atoms with Gasteiger partial charge in [0.05, 0.1) is 26.9 Å². The highest BCUT2D eigenvalue weighted by Crippen LogP contribution is 2.28. The van der Waals surface area contributed by atoms with E-state index in [4.69, 9.17) is 14.2 Å². The molecule has 2 rings (SSSR count). The number of rotatable bonds is 8. The van der Waals surface area contributed by atoms with E-state index >= 15 is 0 Å². The number of nitrogens with one attached hydrogen (secondary N) is 1. The van der Waals surface area contributed by atoms with E-state index in [0.717, 1.165) is 25.0 Å². The van der Waals surface area contributed by atoms with Gasteiger partial charge < -0.3 is 24.4 Å². The number of benzene rings is 1. The molecule has 0 spiro atoms. The van der Waals surface area contributed by atoms with E-state index in [0.29, 0.717) is 24.6 Å². The molecule has 25 heavy (non-hydrogen) atoms. The van der Waals surface area contributed by atoms with Crippen molar-refractivity contribution in [2.45, 2.75) is 32.4 Å². The summed E-state index contributed by atoms with van der Waals surface area (Å²) in [5, 5.41) is 2.83. The van der Waals surface area contributed by atoms with E-state index in [-0.39, 0.29) is 24.5 Å². The molecule has 1 aromatic rings. The molecule has 1 aliphatic heterocycles. The van der Waals surface area contributed by atoms with Crippen molar-refractivity contribution in [2.24, 2.45) is 0 Å². The zero-order valence-electron chi connectivity index (χ0n) is 15.0. The van der Waals surface area contributed by atoms with Gasteiger partial charge in [-0.15, -0.1) is 0 Å². The lowest BCUT2D eigenvalue weighted by molar-refractivity contribution is -0.135. The molecular weight excluding hydrogens is 324 g/mol. The Morgan fingerprint density at radius 2 is 2.04 bits per heavy atom. The summed E-state index contributed by atoms with van der Waals surface area (Å²) in [4.78, 5) is 25.5. The fraction of sp³-hybridized carbons (Fsp3) is 0.556. The molecule has 2 amide bonds. The molecule has 1 fully saturated rings. The van der Waals surface area contributed by atoms with Crippen LogP contribution in [0.5, 0.6) is 11.5 Å². The number of methoxy groups -OCH3 is 2.